The molecule has 7 rings (SSSR count). The van der Waals surface area contributed by atoms with Crippen LogP contribution >= 0.6 is 45.3 Å². The van der Waals surface area contributed by atoms with Crippen molar-refractivity contribution in [3.63, 3.8) is 0 Å². The summed E-state index contributed by atoms with van der Waals surface area (Å²) in [5.41, 5.74) is 4.84. The molecule has 0 aliphatic heterocycles. The van der Waals surface area contributed by atoms with Gasteiger partial charge in [-0.05, 0) is 73.9 Å². The molecule has 1 aliphatic rings. The number of ketones is 3. The first-order chi connectivity index (χ1) is 21.7. The summed E-state index contributed by atoms with van der Waals surface area (Å²) < 4.78 is 2.41. The Morgan fingerprint density at radius 3 is 1.82 bits per heavy atom. The molecule has 0 unspecified atom stereocenters. The summed E-state index contributed by atoms with van der Waals surface area (Å²) in [5, 5.41) is 0. The number of aldehydes is 1. The Balaban J connectivity index is 1.14. The van der Waals surface area contributed by atoms with E-state index in [9.17, 15) is 19.2 Å². The van der Waals surface area contributed by atoms with Crippen LogP contribution in [0.25, 0.3) is 41.1 Å². The molecule has 4 nitrogen and oxygen atoms in total. The molecule has 0 spiro atoms. The fraction of sp³-hybridized carbons (Fsp3) is 0.0811. The topological polar surface area (TPSA) is 68.3 Å². The van der Waals surface area contributed by atoms with Crippen molar-refractivity contribution in [1.29, 1.82) is 0 Å². The number of hydrogen-bond donors (Lipinski definition) is 0. The Hall–Kier alpha value is -4.34. The van der Waals surface area contributed by atoms with E-state index in [2.05, 4.69) is 32.0 Å². The van der Waals surface area contributed by atoms with Gasteiger partial charge in [-0.2, -0.15) is 0 Å². The van der Waals surface area contributed by atoms with Crippen molar-refractivity contribution in [2.75, 3.05) is 0 Å². The maximum absolute atomic E-state index is 13.1. The zero-order chi connectivity index (χ0) is 31.4. The Morgan fingerprint density at radius 1 is 0.689 bits per heavy atom. The van der Waals surface area contributed by atoms with Crippen molar-refractivity contribution in [3.8, 4) is 19.5 Å². The zero-order valence-corrected chi connectivity index (χ0v) is 27.7. The van der Waals surface area contributed by atoms with Gasteiger partial charge >= 0.3 is 0 Å². The minimum atomic E-state index is -0.208. The largest absolute Gasteiger partial charge is 0.298 e. The van der Waals surface area contributed by atoms with E-state index in [0.29, 0.717) is 27.8 Å². The van der Waals surface area contributed by atoms with Gasteiger partial charge in [0.25, 0.3) is 0 Å². The van der Waals surface area contributed by atoms with E-state index in [1.165, 1.54) is 24.0 Å². The quantitative estimate of drug-likeness (QED) is 0.0740. The molecular formula is C37H24O4S4. The molecule has 4 heterocycles. The molecule has 0 bridgehead atoms. The number of rotatable bonds is 7. The van der Waals surface area contributed by atoms with E-state index < -0.39 is 0 Å². The first-order valence-corrected chi connectivity index (χ1v) is 17.4. The molecule has 2 aromatic carbocycles. The summed E-state index contributed by atoms with van der Waals surface area (Å²) >= 11 is 6.75. The zero-order valence-electron chi connectivity index (χ0n) is 24.4. The van der Waals surface area contributed by atoms with E-state index in [1.54, 1.807) is 107 Å². The highest BCUT2D eigenvalue weighted by atomic mass is 32.1. The molecule has 0 fully saturated rings. The van der Waals surface area contributed by atoms with Crippen molar-refractivity contribution in [2.45, 2.75) is 20.8 Å². The number of carbonyl (C=O) groups excluding carboxylic acids is 4. The fourth-order valence-corrected chi connectivity index (χ4v) is 10.6. The Morgan fingerprint density at radius 2 is 1.22 bits per heavy atom. The SMILES string of the molecule is C/C(=C/c1cc(C)c(-c2cc3sc(-c4sc(C=C5C(=O)c6ccccc6C5=O)cc4C)cc3s2)s1)C(=O)c1ccccc1C=O. The standard InChI is InChI=1S/C37H24O4S4/c1-19(33(39)25-9-5-4-8-22(25)18-38)12-23-13-20(2)36(42-23)31-16-29-30(44-31)17-32(45-29)37-21(3)14-24(43-37)15-28-34(40)26-10-6-7-11-27(26)35(28)41/h4-18H,1-3H3/b19-12-. The van der Waals surface area contributed by atoms with Crippen LogP contribution in [-0.2, 0) is 0 Å². The molecule has 45 heavy (non-hydrogen) atoms. The van der Waals surface area contributed by atoms with Gasteiger partial charge in [-0.1, -0.05) is 48.5 Å². The predicted octanol–water partition coefficient (Wildman–Crippen LogP) is 10.6. The van der Waals surface area contributed by atoms with Gasteiger partial charge in [0, 0.05) is 60.9 Å². The van der Waals surface area contributed by atoms with Crippen molar-refractivity contribution in [3.05, 3.63) is 127 Å². The number of carbonyl (C=O) groups is 4. The maximum Gasteiger partial charge on any atom is 0.197 e. The van der Waals surface area contributed by atoms with Gasteiger partial charge in [-0.3, -0.25) is 19.2 Å². The van der Waals surface area contributed by atoms with Crippen molar-refractivity contribution >= 4 is 90.5 Å². The van der Waals surface area contributed by atoms with Gasteiger partial charge in [0.2, 0.25) is 0 Å². The lowest BCUT2D eigenvalue weighted by molar-refractivity contribution is 0.0987. The maximum atomic E-state index is 13.1. The number of fused-ring (bicyclic) bond motifs is 2. The van der Waals surface area contributed by atoms with Gasteiger partial charge in [0.15, 0.2) is 23.6 Å². The van der Waals surface area contributed by atoms with Crippen LogP contribution in [0.15, 0.2) is 83.9 Å². The molecule has 220 valence electrons. The van der Waals surface area contributed by atoms with Gasteiger partial charge < -0.3 is 0 Å². The number of thiophene rings is 4. The van der Waals surface area contributed by atoms with Crippen molar-refractivity contribution < 1.29 is 19.2 Å². The van der Waals surface area contributed by atoms with Crippen LogP contribution in [-0.4, -0.2) is 23.6 Å². The van der Waals surface area contributed by atoms with E-state index in [4.69, 9.17) is 0 Å². The third-order valence-electron chi connectivity index (χ3n) is 7.77. The van der Waals surface area contributed by atoms with Crippen molar-refractivity contribution in [1.82, 2.24) is 0 Å². The third-order valence-corrected chi connectivity index (χ3v) is 12.8. The lowest BCUT2D eigenvalue weighted by Crippen LogP contribution is -2.04. The highest BCUT2D eigenvalue weighted by Gasteiger charge is 2.32. The molecule has 0 saturated heterocycles. The van der Waals surface area contributed by atoms with E-state index >= 15 is 0 Å². The third kappa shape index (κ3) is 5.23. The van der Waals surface area contributed by atoms with Crippen LogP contribution in [0.2, 0.25) is 0 Å². The smallest absolute Gasteiger partial charge is 0.197 e. The second kappa shape index (κ2) is 11.5. The fourth-order valence-electron chi connectivity index (χ4n) is 5.55. The summed E-state index contributed by atoms with van der Waals surface area (Å²) in [5.74, 6) is -0.566. The lowest BCUT2D eigenvalue weighted by atomic mass is 9.99. The number of benzene rings is 2. The molecule has 0 radical (unpaired) electrons. The summed E-state index contributed by atoms with van der Waals surface area (Å²) in [6.45, 7) is 5.94. The van der Waals surface area contributed by atoms with Crippen LogP contribution in [0.1, 0.15) is 69.2 Å². The second-order valence-corrected chi connectivity index (χ2v) is 15.2. The monoisotopic (exact) mass is 660 g/mol. The summed E-state index contributed by atoms with van der Waals surface area (Å²) in [6.07, 6.45) is 4.36. The Labute approximate surface area is 275 Å². The minimum absolute atomic E-state index is 0.149. The van der Waals surface area contributed by atoms with Gasteiger partial charge in [-0.15, -0.1) is 45.3 Å². The first-order valence-electron chi connectivity index (χ1n) is 14.1. The number of allylic oxidation sites excluding steroid dienone is 2. The summed E-state index contributed by atoms with van der Waals surface area (Å²) in [6, 6.07) is 22.5. The Kier molecular flexibility index (Phi) is 7.54. The number of hydrogen-bond acceptors (Lipinski definition) is 8. The van der Waals surface area contributed by atoms with Crippen LogP contribution in [0.4, 0.5) is 0 Å². The highest BCUT2D eigenvalue weighted by molar-refractivity contribution is 7.33. The molecular weight excluding hydrogens is 637 g/mol. The second-order valence-electron chi connectivity index (χ2n) is 10.9. The molecule has 0 atom stereocenters. The highest BCUT2D eigenvalue weighted by Crippen LogP contribution is 2.47. The molecule has 0 amide bonds. The lowest BCUT2D eigenvalue weighted by Gasteiger charge is -2.03. The molecule has 1 aliphatic carbocycles. The normalized spacial score (nSPS) is 13.1. The van der Waals surface area contributed by atoms with Crippen LogP contribution in [0.3, 0.4) is 0 Å². The predicted molar refractivity (Wildman–Crippen MR) is 189 cm³/mol. The molecule has 0 saturated carbocycles. The summed E-state index contributed by atoms with van der Waals surface area (Å²) in [4.78, 5) is 56.8. The van der Waals surface area contributed by atoms with Gasteiger partial charge in [0.1, 0.15) is 0 Å². The van der Waals surface area contributed by atoms with E-state index in [-0.39, 0.29) is 22.9 Å². The van der Waals surface area contributed by atoms with E-state index in [1.807, 2.05) is 12.1 Å². The van der Waals surface area contributed by atoms with Crippen LogP contribution in [0.5, 0.6) is 0 Å². The minimum Gasteiger partial charge on any atom is -0.298 e. The van der Waals surface area contributed by atoms with Crippen molar-refractivity contribution in [2.24, 2.45) is 0 Å². The number of aryl methyl sites for hydroxylation is 2. The first kappa shape index (κ1) is 29.4. The Bertz CT molecular complexity index is 2210. The molecule has 4 aromatic heterocycles. The average molecular weight is 661 g/mol. The van der Waals surface area contributed by atoms with Crippen LogP contribution < -0.4 is 0 Å². The molecule has 8 heteroatoms. The summed E-state index contributed by atoms with van der Waals surface area (Å²) in [7, 11) is 0. The molecule has 0 N–H and O–H groups in total. The van der Waals surface area contributed by atoms with Crippen LogP contribution in [0, 0.1) is 13.8 Å². The van der Waals surface area contributed by atoms with Gasteiger partial charge in [0.05, 0.1) is 5.57 Å². The average Bonchev–Trinajstić information content (AvgIpc) is 3.84. The van der Waals surface area contributed by atoms with E-state index in [0.717, 1.165) is 32.0 Å². The number of Topliss-reactive ketones (excluding diaryl/α,β-unsaturated/α-hetero) is 3. The molecule has 6 aromatic rings. The van der Waals surface area contributed by atoms with Gasteiger partial charge in [-0.25, -0.2) is 0 Å².